The summed E-state index contributed by atoms with van der Waals surface area (Å²) in [4.78, 5) is 21.9. The van der Waals surface area contributed by atoms with Crippen LogP contribution in [0.4, 0.5) is 0 Å². The second-order valence-electron chi connectivity index (χ2n) is 8.86. The van der Waals surface area contributed by atoms with E-state index >= 15 is 0 Å². The highest BCUT2D eigenvalue weighted by atomic mass is 16.4. The molecule has 0 aromatic rings. The Kier molecular flexibility index (Phi) is 14.1. The molecular formula is C24H44O4. The molecule has 0 saturated heterocycles. The molecule has 164 valence electrons. The summed E-state index contributed by atoms with van der Waals surface area (Å²) in [5.74, 6) is -0.583. The van der Waals surface area contributed by atoms with E-state index in [-0.39, 0.29) is 12.3 Å². The van der Waals surface area contributed by atoms with Crippen LogP contribution >= 0.6 is 0 Å². The lowest BCUT2D eigenvalue weighted by Gasteiger charge is -2.03. The molecule has 1 aliphatic carbocycles. The number of hydrogen-bond donors (Lipinski definition) is 2. The molecule has 3 atom stereocenters. The summed E-state index contributed by atoms with van der Waals surface area (Å²) in [5.41, 5.74) is 0. The average molecular weight is 397 g/mol. The highest BCUT2D eigenvalue weighted by Gasteiger charge is 2.53. The summed E-state index contributed by atoms with van der Waals surface area (Å²) >= 11 is 0. The van der Waals surface area contributed by atoms with Crippen LogP contribution in [0.1, 0.15) is 122 Å². The second kappa shape index (κ2) is 15.8. The first-order valence-corrected chi connectivity index (χ1v) is 12.0. The van der Waals surface area contributed by atoms with Gasteiger partial charge < -0.3 is 10.2 Å². The zero-order valence-electron chi connectivity index (χ0n) is 18.2. The fourth-order valence-corrected chi connectivity index (χ4v) is 4.65. The summed E-state index contributed by atoms with van der Waals surface area (Å²) in [6, 6.07) is 0. The van der Waals surface area contributed by atoms with Crippen LogP contribution in [0.5, 0.6) is 0 Å². The van der Waals surface area contributed by atoms with E-state index in [1.54, 1.807) is 0 Å². The molecule has 4 heteroatoms. The van der Waals surface area contributed by atoms with Gasteiger partial charge in [-0.25, -0.2) is 0 Å². The third-order valence-corrected chi connectivity index (χ3v) is 6.44. The van der Waals surface area contributed by atoms with Gasteiger partial charge in [-0.2, -0.15) is 0 Å². The van der Waals surface area contributed by atoms with Gasteiger partial charge in [-0.1, -0.05) is 96.8 Å². The number of rotatable bonds is 20. The predicted molar refractivity (Wildman–Crippen MR) is 115 cm³/mol. The SMILES string of the molecule is CCCCCCCCCCCCC1C(CCCCCCCC(=O)O)C1C(=O)O. The van der Waals surface area contributed by atoms with Crippen molar-refractivity contribution in [2.75, 3.05) is 0 Å². The van der Waals surface area contributed by atoms with Crippen molar-refractivity contribution in [2.24, 2.45) is 17.8 Å². The monoisotopic (exact) mass is 396 g/mol. The van der Waals surface area contributed by atoms with Crippen molar-refractivity contribution >= 4 is 11.9 Å². The summed E-state index contributed by atoms with van der Waals surface area (Å²) in [7, 11) is 0. The Morgan fingerprint density at radius 2 is 1.00 bits per heavy atom. The lowest BCUT2D eigenvalue weighted by molar-refractivity contribution is -0.139. The molecule has 0 aromatic carbocycles. The minimum atomic E-state index is -0.711. The predicted octanol–water partition coefficient (Wildman–Crippen LogP) is 7.06. The fraction of sp³-hybridized carbons (Fsp3) is 0.917. The first-order valence-electron chi connectivity index (χ1n) is 12.0. The number of carboxylic acid groups (broad SMARTS) is 2. The Morgan fingerprint density at radius 1 is 0.607 bits per heavy atom. The highest BCUT2D eigenvalue weighted by Crippen LogP contribution is 2.52. The number of hydrogen-bond acceptors (Lipinski definition) is 2. The topological polar surface area (TPSA) is 74.6 Å². The van der Waals surface area contributed by atoms with Crippen LogP contribution in [-0.2, 0) is 9.59 Å². The van der Waals surface area contributed by atoms with E-state index in [1.807, 2.05) is 0 Å². The molecule has 2 N–H and O–H groups in total. The maximum absolute atomic E-state index is 11.4. The Labute approximate surface area is 172 Å². The van der Waals surface area contributed by atoms with E-state index in [4.69, 9.17) is 5.11 Å². The smallest absolute Gasteiger partial charge is 0.307 e. The van der Waals surface area contributed by atoms with Gasteiger partial charge >= 0.3 is 11.9 Å². The first-order chi connectivity index (χ1) is 13.6. The van der Waals surface area contributed by atoms with Gasteiger partial charge in [0.25, 0.3) is 0 Å². The second-order valence-corrected chi connectivity index (χ2v) is 8.86. The van der Waals surface area contributed by atoms with Crippen molar-refractivity contribution in [3.63, 3.8) is 0 Å². The molecule has 1 aliphatic rings. The number of carbonyl (C=O) groups is 2. The van der Waals surface area contributed by atoms with Crippen molar-refractivity contribution in [2.45, 2.75) is 122 Å². The molecule has 0 spiro atoms. The van der Waals surface area contributed by atoms with Gasteiger partial charge in [-0.3, -0.25) is 9.59 Å². The molecule has 1 rings (SSSR count). The quantitative estimate of drug-likeness (QED) is 0.216. The van der Waals surface area contributed by atoms with Crippen LogP contribution in [0.25, 0.3) is 0 Å². The number of carboxylic acids is 2. The Bertz CT molecular complexity index is 421. The zero-order valence-corrected chi connectivity index (χ0v) is 18.2. The normalized spacial score (nSPS) is 21.0. The Balaban J connectivity index is 1.99. The Morgan fingerprint density at radius 3 is 1.39 bits per heavy atom. The van der Waals surface area contributed by atoms with Gasteiger partial charge in [0.2, 0.25) is 0 Å². The lowest BCUT2D eigenvalue weighted by Crippen LogP contribution is -2.00. The highest BCUT2D eigenvalue weighted by molar-refractivity contribution is 5.74. The van der Waals surface area contributed by atoms with Crippen molar-refractivity contribution < 1.29 is 19.8 Å². The van der Waals surface area contributed by atoms with E-state index in [2.05, 4.69) is 6.92 Å². The largest absolute Gasteiger partial charge is 0.481 e. The fourth-order valence-electron chi connectivity index (χ4n) is 4.65. The molecule has 0 heterocycles. The maximum Gasteiger partial charge on any atom is 0.307 e. The van der Waals surface area contributed by atoms with E-state index in [1.165, 1.54) is 64.2 Å². The minimum Gasteiger partial charge on any atom is -0.481 e. The Hall–Kier alpha value is -1.06. The van der Waals surface area contributed by atoms with E-state index in [0.29, 0.717) is 11.8 Å². The first kappa shape index (κ1) is 25.0. The molecule has 1 fully saturated rings. The average Bonchev–Trinajstić information content (AvgIpc) is 3.35. The van der Waals surface area contributed by atoms with Crippen LogP contribution in [0, 0.1) is 17.8 Å². The zero-order chi connectivity index (χ0) is 20.6. The van der Waals surface area contributed by atoms with Gasteiger partial charge in [0, 0.05) is 6.42 Å². The van der Waals surface area contributed by atoms with Crippen LogP contribution in [0.3, 0.4) is 0 Å². The molecule has 28 heavy (non-hydrogen) atoms. The third-order valence-electron chi connectivity index (χ3n) is 6.44. The maximum atomic E-state index is 11.4. The molecule has 4 nitrogen and oxygen atoms in total. The van der Waals surface area contributed by atoms with E-state index < -0.39 is 11.9 Å². The van der Waals surface area contributed by atoms with Crippen LogP contribution < -0.4 is 0 Å². The molecule has 0 aromatic heterocycles. The van der Waals surface area contributed by atoms with E-state index in [9.17, 15) is 14.7 Å². The van der Waals surface area contributed by atoms with Crippen LogP contribution in [-0.4, -0.2) is 22.2 Å². The van der Waals surface area contributed by atoms with Crippen molar-refractivity contribution in [1.82, 2.24) is 0 Å². The minimum absolute atomic E-state index is 0.0921. The molecule has 1 saturated carbocycles. The summed E-state index contributed by atoms with van der Waals surface area (Å²) in [6.45, 7) is 2.25. The van der Waals surface area contributed by atoms with Gasteiger partial charge in [0.1, 0.15) is 0 Å². The van der Waals surface area contributed by atoms with Gasteiger partial charge in [0.05, 0.1) is 5.92 Å². The van der Waals surface area contributed by atoms with E-state index in [0.717, 1.165) is 44.9 Å². The van der Waals surface area contributed by atoms with Crippen molar-refractivity contribution in [3.05, 3.63) is 0 Å². The number of unbranched alkanes of at least 4 members (excludes halogenated alkanes) is 13. The molecule has 0 amide bonds. The van der Waals surface area contributed by atoms with Crippen LogP contribution in [0.15, 0.2) is 0 Å². The van der Waals surface area contributed by atoms with Gasteiger partial charge in [-0.15, -0.1) is 0 Å². The molecule has 0 radical (unpaired) electrons. The molecule has 0 aliphatic heterocycles. The summed E-state index contributed by atoms with van der Waals surface area (Å²) < 4.78 is 0. The van der Waals surface area contributed by atoms with Crippen LogP contribution in [0.2, 0.25) is 0 Å². The van der Waals surface area contributed by atoms with Crippen molar-refractivity contribution in [1.29, 1.82) is 0 Å². The lowest BCUT2D eigenvalue weighted by atomic mass is 10.0. The third kappa shape index (κ3) is 11.7. The summed E-state index contributed by atoms with van der Waals surface area (Å²) in [5, 5.41) is 18.0. The number of aliphatic carboxylic acids is 2. The standard InChI is InChI=1S/C24H44O4/c1-2-3-4-5-6-7-8-9-11-14-17-20-21(23(20)24(27)28)18-15-12-10-13-16-19-22(25)26/h20-21,23H,2-19H2,1H3,(H,25,26)(H,27,28). The molecular weight excluding hydrogens is 352 g/mol. The van der Waals surface area contributed by atoms with Crippen molar-refractivity contribution in [3.8, 4) is 0 Å². The summed E-state index contributed by atoms with van der Waals surface area (Å²) in [6.07, 6.45) is 20.7. The van der Waals surface area contributed by atoms with Gasteiger partial charge in [0.15, 0.2) is 0 Å². The van der Waals surface area contributed by atoms with Gasteiger partial charge in [-0.05, 0) is 31.1 Å². The molecule has 0 bridgehead atoms. The molecule has 3 unspecified atom stereocenters.